The van der Waals surface area contributed by atoms with Gasteiger partial charge in [0, 0.05) is 12.6 Å². The molecule has 0 amide bonds. The number of hydrogen-bond donors (Lipinski definition) is 1. The fourth-order valence-corrected chi connectivity index (χ4v) is 1.77. The van der Waals surface area contributed by atoms with Crippen LogP contribution in [0.3, 0.4) is 0 Å². The van der Waals surface area contributed by atoms with Gasteiger partial charge in [-0.2, -0.15) is 0 Å². The molecule has 2 rings (SSSR count). The Bertz CT molecular complexity index is 485. The number of rotatable bonds is 5. The Hall–Kier alpha value is -1.25. The first-order valence-electron chi connectivity index (χ1n) is 6.11. The van der Waals surface area contributed by atoms with Crippen molar-refractivity contribution in [2.75, 3.05) is 13.2 Å². The molecule has 1 N–H and O–H groups in total. The molecule has 0 bridgehead atoms. The molecule has 2 nitrogen and oxygen atoms in total. The third-order valence-corrected chi connectivity index (χ3v) is 2.64. The van der Waals surface area contributed by atoms with Crippen LogP contribution in [0.2, 0.25) is 0 Å². The van der Waals surface area contributed by atoms with Gasteiger partial charge in [0.2, 0.25) is 0 Å². The Morgan fingerprint density at radius 3 is 2.50 bits per heavy atom. The molecule has 0 unspecified atom stereocenters. The number of halogens is 1. The highest BCUT2D eigenvalue weighted by Gasteiger charge is 1.97. The Morgan fingerprint density at radius 2 is 1.78 bits per heavy atom. The largest absolute Gasteiger partial charge is 0.492 e. The predicted molar refractivity (Wildman–Crippen MR) is 79.8 cm³/mol. The topological polar surface area (TPSA) is 21.3 Å². The molecule has 0 aliphatic rings. The minimum absolute atomic E-state index is 0. The minimum atomic E-state index is 0. The lowest BCUT2D eigenvalue weighted by Crippen LogP contribution is -2.27. The van der Waals surface area contributed by atoms with E-state index >= 15 is 0 Å². The van der Waals surface area contributed by atoms with E-state index in [1.807, 2.05) is 12.1 Å². The van der Waals surface area contributed by atoms with Gasteiger partial charge in [0.05, 0.1) is 0 Å². The van der Waals surface area contributed by atoms with Gasteiger partial charge in [-0.05, 0) is 22.9 Å². The van der Waals surface area contributed by atoms with E-state index in [2.05, 4.69) is 49.5 Å². The molecule has 3 heteroatoms. The van der Waals surface area contributed by atoms with Crippen LogP contribution in [0.5, 0.6) is 5.75 Å². The fraction of sp³-hybridized carbons (Fsp3) is 0.333. The van der Waals surface area contributed by atoms with E-state index in [4.69, 9.17) is 4.74 Å². The molecule has 98 valence electrons. The molecule has 0 saturated heterocycles. The van der Waals surface area contributed by atoms with Crippen LogP contribution < -0.4 is 10.1 Å². The maximum Gasteiger partial charge on any atom is 0.120 e. The summed E-state index contributed by atoms with van der Waals surface area (Å²) in [5.74, 6) is 0.939. The lowest BCUT2D eigenvalue weighted by molar-refractivity contribution is 0.309. The lowest BCUT2D eigenvalue weighted by atomic mass is 10.1. The van der Waals surface area contributed by atoms with Gasteiger partial charge in [-0.3, -0.25) is 0 Å². The summed E-state index contributed by atoms with van der Waals surface area (Å²) < 4.78 is 5.70. The van der Waals surface area contributed by atoms with Crippen molar-refractivity contribution < 1.29 is 4.74 Å². The van der Waals surface area contributed by atoms with Crippen LogP contribution in [-0.4, -0.2) is 19.2 Å². The number of ether oxygens (including phenoxy) is 1. The smallest absolute Gasteiger partial charge is 0.120 e. The summed E-state index contributed by atoms with van der Waals surface area (Å²) in [6, 6.07) is 15.0. The summed E-state index contributed by atoms with van der Waals surface area (Å²) in [4.78, 5) is 0. The van der Waals surface area contributed by atoms with Crippen LogP contribution >= 0.6 is 12.4 Å². The molecule has 0 aliphatic heterocycles. The van der Waals surface area contributed by atoms with Gasteiger partial charge in [-0.15, -0.1) is 12.4 Å². The quantitative estimate of drug-likeness (QED) is 0.834. The zero-order valence-corrected chi connectivity index (χ0v) is 11.7. The van der Waals surface area contributed by atoms with E-state index in [0.29, 0.717) is 12.6 Å². The number of hydrogen-bond acceptors (Lipinski definition) is 2. The highest BCUT2D eigenvalue weighted by Crippen LogP contribution is 2.20. The van der Waals surface area contributed by atoms with Crippen LogP contribution in [-0.2, 0) is 0 Å². The van der Waals surface area contributed by atoms with Gasteiger partial charge in [0.25, 0.3) is 0 Å². The number of fused-ring (bicyclic) bond motifs is 1. The lowest BCUT2D eigenvalue weighted by Gasteiger charge is -2.10. The second kappa shape index (κ2) is 7.24. The molecule has 0 fully saturated rings. The summed E-state index contributed by atoms with van der Waals surface area (Å²) in [7, 11) is 0. The maximum atomic E-state index is 5.70. The van der Waals surface area contributed by atoms with E-state index in [1.54, 1.807) is 0 Å². The van der Waals surface area contributed by atoms with Gasteiger partial charge in [-0.25, -0.2) is 0 Å². The van der Waals surface area contributed by atoms with E-state index in [1.165, 1.54) is 10.8 Å². The fourth-order valence-electron chi connectivity index (χ4n) is 1.77. The van der Waals surface area contributed by atoms with Crippen LogP contribution in [0, 0.1) is 0 Å². The first-order valence-corrected chi connectivity index (χ1v) is 6.11. The monoisotopic (exact) mass is 265 g/mol. The van der Waals surface area contributed by atoms with Gasteiger partial charge < -0.3 is 10.1 Å². The van der Waals surface area contributed by atoms with Crippen molar-refractivity contribution in [3.8, 4) is 5.75 Å². The van der Waals surface area contributed by atoms with Crippen LogP contribution in [0.4, 0.5) is 0 Å². The van der Waals surface area contributed by atoms with E-state index in [0.717, 1.165) is 12.3 Å². The third kappa shape index (κ3) is 4.21. The summed E-state index contributed by atoms with van der Waals surface area (Å²) in [6.45, 7) is 5.85. The summed E-state index contributed by atoms with van der Waals surface area (Å²) >= 11 is 0. The second-order valence-corrected chi connectivity index (χ2v) is 4.47. The van der Waals surface area contributed by atoms with E-state index < -0.39 is 0 Å². The Morgan fingerprint density at radius 1 is 1.06 bits per heavy atom. The highest BCUT2D eigenvalue weighted by molar-refractivity contribution is 5.85. The molecule has 2 aromatic carbocycles. The van der Waals surface area contributed by atoms with Crippen molar-refractivity contribution in [3.63, 3.8) is 0 Å². The predicted octanol–water partition coefficient (Wildman–Crippen LogP) is 3.64. The molecular weight excluding hydrogens is 246 g/mol. The summed E-state index contributed by atoms with van der Waals surface area (Å²) in [5.41, 5.74) is 0. The average Bonchev–Trinajstić information content (AvgIpc) is 2.34. The van der Waals surface area contributed by atoms with Crippen molar-refractivity contribution >= 4 is 23.2 Å². The molecule has 0 saturated carbocycles. The molecule has 0 heterocycles. The van der Waals surface area contributed by atoms with Gasteiger partial charge in [0.15, 0.2) is 0 Å². The van der Waals surface area contributed by atoms with Gasteiger partial charge >= 0.3 is 0 Å². The Balaban J connectivity index is 0.00000162. The first-order chi connectivity index (χ1) is 8.25. The van der Waals surface area contributed by atoms with Crippen molar-refractivity contribution in [2.45, 2.75) is 19.9 Å². The van der Waals surface area contributed by atoms with Crippen molar-refractivity contribution in [2.24, 2.45) is 0 Å². The summed E-state index contributed by atoms with van der Waals surface area (Å²) in [5, 5.41) is 5.80. The van der Waals surface area contributed by atoms with Crippen LogP contribution in [0.15, 0.2) is 42.5 Å². The van der Waals surface area contributed by atoms with Crippen LogP contribution in [0.25, 0.3) is 10.8 Å². The SMILES string of the molecule is CC(C)NCCOc1ccc2ccccc2c1.Cl. The number of nitrogens with one attached hydrogen (secondary N) is 1. The molecule has 0 aliphatic carbocycles. The zero-order valence-electron chi connectivity index (χ0n) is 10.8. The maximum absolute atomic E-state index is 5.70. The number of benzene rings is 2. The molecule has 0 radical (unpaired) electrons. The average molecular weight is 266 g/mol. The van der Waals surface area contributed by atoms with Crippen molar-refractivity contribution in [1.82, 2.24) is 5.32 Å². The second-order valence-electron chi connectivity index (χ2n) is 4.47. The normalized spacial score (nSPS) is 10.4. The molecule has 0 aromatic heterocycles. The minimum Gasteiger partial charge on any atom is -0.492 e. The molecular formula is C15H20ClNO. The molecule has 2 aromatic rings. The van der Waals surface area contributed by atoms with E-state index in [9.17, 15) is 0 Å². The highest BCUT2D eigenvalue weighted by atomic mass is 35.5. The Kier molecular flexibility index (Phi) is 5.96. The van der Waals surface area contributed by atoms with Crippen molar-refractivity contribution in [1.29, 1.82) is 0 Å². The molecule has 0 atom stereocenters. The van der Waals surface area contributed by atoms with Gasteiger partial charge in [0.1, 0.15) is 12.4 Å². The summed E-state index contributed by atoms with van der Waals surface area (Å²) in [6.07, 6.45) is 0. The van der Waals surface area contributed by atoms with Crippen LogP contribution in [0.1, 0.15) is 13.8 Å². The standard InChI is InChI=1S/C15H19NO.ClH/c1-12(2)16-9-10-17-15-8-7-13-5-3-4-6-14(13)11-15;/h3-8,11-12,16H,9-10H2,1-2H3;1H. The Labute approximate surface area is 115 Å². The third-order valence-electron chi connectivity index (χ3n) is 2.64. The zero-order chi connectivity index (χ0) is 12.1. The van der Waals surface area contributed by atoms with E-state index in [-0.39, 0.29) is 12.4 Å². The molecule has 18 heavy (non-hydrogen) atoms. The van der Waals surface area contributed by atoms with Crippen molar-refractivity contribution in [3.05, 3.63) is 42.5 Å². The first kappa shape index (κ1) is 14.8. The van der Waals surface area contributed by atoms with Gasteiger partial charge in [-0.1, -0.05) is 44.2 Å². The molecule has 0 spiro atoms.